The van der Waals surface area contributed by atoms with Crippen molar-refractivity contribution < 1.29 is 18.7 Å². The van der Waals surface area contributed by atoms with Crippen LogP contribution in [0.1, 0.15) is 16.1 Å². The lowest BCUT2D eigenvalue weighted by atomic mass is 10.1. The number of ketones is 1. The van der Waals surface area contributed by atoms with E-state index in [9.17, 15) is 9.18 Å². The van der Waals surface area contributed by atoms with Crippen molar-refractivity contribution in [2.45, 2.75) is 6.42 Å². The van der Waals surface area contributed by atoms with Gasteiger partial charge in [0.1, 0.15) is 29.4 Å². The van der Waals surface area contributed by atoms with E-state index < -0.39 is 5.82 Å². The fraction of sp³-hybridized carbons (Fsp3) is 0.105. The molecule has 0 saturated carbocycles. The maximum Gasteiger partial charge on any atom is 0.172 e. The Balaban J connectivity index is 1.65. The zero-order valence-electron chi connectivity index (χ0n) is 14.7. The van der Waals surface area contributed by atoms with Crippen molar-refractivity contribution in [3.05, 3.63) is 72.5 Å². The van der Waals surface area contributed by atoms with Gasteiger partial charge in [-0.25, -0.2) is 13.9 Å². The summed E-state index contributed by atoms with van der Waals surface area (Å²) >= 11 is 0. The van der Waals surface area contributed by atoms with Crippen molar-refractivity contribution in [3.8, 4) is 17.2 Å². The number of pyridine rings is 3. The number of hydrogen-bond acceptors (Lipinski definition) is 7. The smallest absolute Gasteiger partial charge is 0.172 e. The fourth-order valence-corrected chi connectivity index (χ4v) is 2.64. The summed E-state index contributed by atoms with van der Waals surface area (Å²) in [6.45, 7) is 0. The minimum absolute atomic E-state index is 0.0670. The number of methoxy groups -OCH3 is 1. The Morgan fingerprint density at radius 1 is 1.11 bits per heavy atom. The molecule has 4 aromatic rings. The van der Waals surface area contributed by atoms with Crippen molar-refractivity contribution in [1.29, 1.82) is 0 Å². The number of carbonyl (C=O) groups excluding carboxylic acids is 1. The van der Waals surface area contributed by atoms with Crippen LogP contribution in [0.4, 0.5) is 4.39 Å². The van der Waals surface area contributed by atoms with Crippen LogP contribution in [0.15, 0.2) is 55.4 Å². The predicted molar refractivity (Wildman–Crippen MR) is 96.1 cm³/mol. The SMILES string of the molecule is COc1ccc(CC(=O)c2cc(Oc3cncc(F)c3)cn3ncnc23)nc1. The second-order valence-corrected chi connectivity index (χ2v) is 5.85. The number of rotatable bonds is 6. The lowest BCUT2D eigenvalue weighted by Crippen LogP contribution is -2.08. The molecule has 28 heavy (non-hydrogen) atoms. The molecule has 0 aliphatic rings. The van der Waals surface area contributed by atoms with E-state index in [1.807, 2.05) is 0 Å². The topological polar surface area (TPSA) is 91.5 Å². The van der Waals surface area contributed by atoms with Gasteiger partial charge in [0, 0.05) is 11.8 Å². The van der Waals surface area contributed by atoms with Gasteiger partial charge in [-0.3, -0.25) is 14.8 Å². The second kappa shape index (κ2) is 7.39. The Morgan fingerprint density at radius 3 is 2.75 bits per heavy atom. The van der Waals surface area contributed by atoms with Crippen LogP contribution in [-0.2, 0) is 6.42 Å². The van der Waals surface area contributed by atoms with Gasteiger partial charge in [-0.2, -0.15) is 5.10 Å². The first-order valence-electron chi connectivity index (χ1n) is 8.26. The fourth-order valence-electron chi connectivity index (χ4n) is 2.64. The highest BCUT2D eigenvalue weighted by Gasteiger charge is 2.16. The molecule has 0 aromatic carbocycles. The second-order valence-electron chi connectivity index (χ2n) is 5.85. The average molecular weight is 379 g/mol. The van der Waals surface area contributed by atoms with E-state index in [0.29, 0.717) is 28.4 Å². The summed E-state index contributed by atoms with van der Waals surface area (Å²) in [5, 5.41) is 4.06. The molecular formula is C19H14FN5O3. The van der Waals surface area contributed by atoms with Gasteiger partial charge in [0.15, 0.2) is 11.4 Å². The third-order valence-electron chi connectivity index (χ3n) is 3.94. The summed E-state index contributed by atoms with van der Waals surface area (Å²) in [6, 6.07) is 6.19. The van der Waals surface area contributed by atoms with Crippen LogP contribution in [0.2, 0.25) is 0 Å². The Bertz CT molecular complexity index is 1140. The van der Waals surface area contributed by atoms with Gasteiger partial charge in [-0.1, -0.05) is 0 Å². The maximum atomic E-state index is 13.3. The van der Waals surface area contributed by atoms with E-state index in [0.717, 1.165) is 6.20 Å². The van der Waals surface area contributed by atoms with E-state index in [-0.39, 0.29) is 18.0 Å². The van der Waals surface area contributed by atoms with Gasteiger partial charge in [0.25, 0.3) is 0 Å². The minimum atomic E-state index is -0.527. The van der Waals surface area contributed by atoms with Crippen molar-refractivity contribution in [2.24, 2.45) is 0 Å². The van der Waals surface area contributed by atoms with Gasteiger partial charge in [0.2, 0.25) is 0 Å². The molecule has 140 valence electrons. The van der Waals surface area contributed by atoms with E-state index in [2.05, 4.69) is 20.1 Å². The van der Waals surface area contributed by atoms with E-state index >= 15 is 0 Å². The molecular weight excluding hydrogens is 365 g/mol. The highest BCUT2D eigenvalue weighted by atomic mass is 19.1. The summed E-state index contributed by atoms with van der Waals surface area (Å²) in [5.74, 6) is 0.376. The van der Waals surface area contributed by atoms with Crippen LogP contribution >= 0.6 is 0 Å². The average Bonchev–Trinajstić information content (AvgIpc) is 3.16. The molecule has 0 aliphatic heterocycles. The summed E-state index contributed by atoms with van der Waals surface area (Å²) in [6.07, 6.45) is 6.95. The Morgan fingerprint density at radius 2 is 2.00 bits per heavy atom. The van der Waals surface area contributed by atoms with Gasteiger partial charge in [-0.15, -0.1) is 0 Å². The molecule has 0 spiro atoms. The molecule has 0 saturated heterocycles. The number of halogens is 1. The van der Waals surface area contributed by atoms with Crippen LogP contribution in [-0.4, -0.2) is 37.5 Å². The van der Waals surface area contributed by atoms with E-state index in [1.54, 1.807) is 37.7 Å². The highest BCUT2D eigenvalue weighted by Crippen LogP contribution is 2.24. The lowest BCUT2D eigenvalue weighted by molar-refractivity contribution is 0.0992. The molecule has 0 N–H and O–H groups in total. The van der Waals surface area contributed by atoms with Gasteiger partial charge in [0.05, 0.1) is 43.9 Å². The number of aromatic nitrogens is 5. The molecule has 9 heteroatoms. The van der Waals surface area contributed by atoms with Crippen molar-refractivity contribution >= 4 is 11.4 Å². The zero-order chi connectivity index (χ0) is 19.5. The van der Waals surface area contributed by atoms with Crippen LogP contribution < -0.4 is 9.47 Å². The highest BCUT2D eigenvalue weighted by molar-refractivity contribution is 6.02. The minimum Gasteiger partial charge on any atom is -0.495 e. The number of Topliss-reactive ketones (excluding diaryl/α,β-unsaturated/α-hetero) is 1. The third-order valence-corrected chi connectivity index (χ3v) is 3.94. The van der Waals surface area contributed by atoms with Crippen LogP contribution in [0.5, 0.6) is 17.2 Å². The number of hydrogen-bond donors (Lipinski definition) is 0. The molecule has 4 rings (SSSR count). The molecule has 0 unspecified atom stereocenters. The van der Waals surface area contributed by atoms with Gasteiger partial charge >= 0.3 is 0 Å². The Kier molecular flexibility index (Phi) is 4.63. The van der Waals surface area contributed by atoms with Crippen molar-refractivity contribution in [2.75, 3.05) is 7.11 Å². The van der Waals surface area contributed by atoms with Crippen LogP contribution in [0.25, 0.3) is 5.65 Å². The third kappa shape index (κ3) is 3.63. The molecule has 0 aliphatic carbocycles. The van der Waals surface area contributed by atoms with E-state index in [1.165, 1.54) is 23.1 Å². The Hall–Kier alpha value is -3.88. The van der Waals surface area contributed by atoms with Crippen molar-refractivity contribution in [1.82, 2.24) is 24.6 Å². The molecule has 0 radical (unpaired) electrons. The van der Waals surface area contributed by atoms with E-state index in [4.69, 9.17) is 9.47 Å². The maximum absolute atomic E-state index is 13.3. The van der Waals surface area contributed by atoms with Crippen molar-refractivity contribution in [3.63, 3.8) is 0 Å². The lowest BCUT2D eigenvalue weighted by Gasteiger charge is -2.09. The molecule has 0 atom stereocenters. The Labute approximate surface area is 158 Å². The first kappa shape index (κ1) is 17.5. The summed E-state index contributed by atoms with van der Waals surface area (Å²) < 4.78 is 25.5. The quantitative estimate of drug-likeness (QED) is 0.476. The number of fused-ring (bicyclic) bond motifs is 1. The summed E-state index contributed by atoms with van der Waals surface area (Å²) in [5.41, 5.74) is 1.30. The molecule has 4 aromatic heterocycles. The monoisotopic (exact) mass is 379 g/mol. The van der Waals surface area contributed by atoms with Gasteiger partial charge < -0.3 is 9.47 Å². The number of ether oxygens (including phenoxy) is 2. The predicted octanol–water partition coefficient (Wildman–Crippen LogP) is 2.88. The van der Waals surface area contributed by atoms with Crippen LogP contribution in [0.3, 0.4) is 0 Å². The van der Waals surface area contributed by atoms with Gasteiger partial charge in [-0.05, 0) is 18.2 Å². The standard InChI is InChI=1S/C19H14FN5O3/c1-27-14-3-2-13(22-9-14)5-18(26)17-6-16(10-25-19(17)23-11-24-25)28-15-4-12(20)7-21-8-15/h2-4,6-11H,5H2,1H3. The normalized spacial score (nSPS) is 10.8. The zero-order valence-corrected chi connectivity index (χ0v) is 14.7. The summed E-state index contributed by atoms with van der Waals surface area (Å²) in [7, 11) is 1.55. The molecule has 0 amide bonds. The molecule has 0 fully saturated rings. The van der Waals surface area contributed by atoms with Crippen LogP contribution in [0, 0.1) is 5.82 Å². The summed E-state index contributed by atoms with van der Waals surface area (Å²) in [4.78, 5) is 24.9. The molecule has 4 heterocycles. The first-order chi connectivity index (χ1) is 13.6. The molecule has 8 nitrogen and oxygen atoms in total. The largest absolute Gasteiger partial charge is 0.495 e. The number of carbonyl (C=O) groups is 1. The first-order valence-corrected chi connectivity index (χ1v) is 8.26. The molecule has 0 bridgehead atoms. The number of nitrogens with zero attached hydrogens (tertiary/aromatic N) is 5.